The number of thiazole rings is 1. The first kappa shape index (κ1) is 16.9. The highest BCUT2D eigenvalue weighted by Crippen LogP contribution is 2.37. The summed E-state index contributed by atoms with van der Waals surface area (Å²) in [4.78, 5) is 18.7. The molecule has 0 N–H and O–H groups in total. The summed E-state index contributed by atoms with van der Waals surface area (Å²) < 4.78 is 13.9. The minimum Gasteiger partial charge on any atom is -0.454 e. The van der Waals surface area contributed by atoms with Crippen LogP contribution in [0.15, 0.2) is 58.9 Å². The van der Waals surface area contributed by atoms with Gasteiger partial charge in [-0.1, -0.05) is 29.5 Å². The van der Waals surface area contributed by atoms with E-state index < -0.39 is 0 Å². The number of fused-ring (bicyclic) bond motifs is 2. The van der Waals surface area contributed by atoms with Crippen LogP contribution in [0.5, 0.6) is 11.5 Å². The maximum absolute atomic E-state index is 12.8. The third-order valence-electron chi connectivity index (χ3n) is 4.02. The molecule has 7 heteroatoms. The molecule has 0 radical (unpaired) electrons. The van der Waals surface area contributed by atoms with Gasteiger partial charge in [0.2, 0.25) is 6.79 Å². The van der Waals surface area contributed by atoms with E-state index in [0.717, 1.165) is 20.9 Å². The minimum absolute atomic E-state index is 0.231. The smallest absolute Gasteiger partial charge is 0.280 e. The molecular weight excluding hydrogens is 368 g/mol. The molecule has 2 heterocycles. The van der Waals surface area contributed by atoms with Crippen LogP contribution in [0.1, 0.15) is 10.4 Å². The average molecular weight is 384 g/mol. The number of aromatic nitrogens is 1. The molecule has 0 fully saturated rings. The van der Waals surface area contributed by atoms with Gasteiger partial charge in [-0.15, -0.1) is 18.3 Å². The number of rotatable bonds is 4. The molecule has 132 valence electrons. The lowest BCUT2D eigenvalue weighted by molar-refractivity contribution is 0.0995. The predicted octanol–water partition coefficient (Wildman–Crippen LogP) is 4.08. The van der Waals surface area contributed by atoms with Crippen LogP contribution in [0.3, 0.4) is 0 Å². The number of nitrogens with zero attached hydrogens (tertiary/aromatic N) is 2. The van der Waals surface area contributed by atoms with Crippen molar-refractivity contribution in [3.05, 3.63) is 59.4 Å². The van der Waals surface area contributed by atoms with Crippen molar-refractivity contribution in [2.45, 2.75) is 11.4 Å². The number of benzene rings is 2. The van der Waals surface area contributed by atoms with E-state index in [4.69, 9.17) is 9.47 Å². The van der Waals surface area contributed by atoms with Crippen LogP contribution in [0, 0.1) is 0 Å². The van der Waals surface area contributed by atoms with Gasteiger partial charge in [0, 0.05) is 23.6 Å². The zero-order valence-corrected chi connectivity index (χ0v) is 15.7. The summed E-state index contributed by atoms with van der Waals surface area (Å²) in [5, 5.41) is 0. The molecule has 0 unspecified atom stereocenters. The van der Waals surface area contributed by atoms with Crippen molar-refractivity contribution in [3.63, 3.8) is 0 Å². The van der Waals surface area contributed by atoms with Crippen molar-refractivity contribution in [1.82, 2.24) is 4.57 Å². The Morgan fingerprint density at radius 3 is 2.88 bits per heavy atom. The summed E-state index contributed by atoms with van der Waals surface area (Å²) in [6.45, 7) is 4.60. The lowest BCUT2D eigenvalue weighted by Gasteiger charge is -2.03. The predicted molar refractivity (Wildman–Crippen MR) is 104 cm³/mol. The summed E-state index contributed by atoms with van der Waals surface area (Å²) >= 11 is 2.99. The second kappa shape index (κ2) is 7.01. The van der Waals surface area contributed by atoms with E-state index in [1.54, 1.807) is 12.1 Å². The number of amides is 1. The maximum atomic E-state index is 12.8. The van der Waals surface area contributed by atoms with Gasteiger partial charge in [0.05, 0.1) is 15.8 Å². The molecule has 2 aromatic carbocycles. The SMILES string of the molecule is C=CCn1c(=NC(=O)c2ccccc2SC)sc2cc3c(cc21)OCO3. The normalized spacial score (nSPS) is 13.3. The highest BCUT2D eigenvalue weighted by atomic mass is 32.2. The fourth-order valence-electron chi connectivity index (χ4n) is 2.82. The summed E-state index contributed by atoms with van der Waals surface area (Å²) in [6.07, 6.45) is 3.74. The van der Waals surface area contributed by atoms with E-state index >= 15 is 0 Å². The molecule has 0 saturated carbocycles. The fraction of sp³-hybridized carbons (Fsp3) is 0.158. The second-order valence-electron chi connectivity index (χ2n) is 5.57. The van der Waals surface area contributed by atoms with Crippen LogP contribution >= 0.6 is 23.1 Å². The summed E-state index contributed by atoms with van der Waals surface area (Å²) in [6, 6.07) is 11.4. The highest BCUT2D eigenvalue weighted by molar-refractivity contribution is 7.98. The van der Waals surface area contributed by atoms with E-state index in [1.807, 2.05) is 41.2 Å². The molecule has 3 aromatic rings. The van der Waals surface area contributed by atoms with Crippen LogP contribution in [0.2, 0.25) is 0 Å². The van der Waals surface area contributed by atoms with Gasteiger partial charge in [0.15, 0.2) is 16.3 Å². The standard InChI is InChI=1S/C19H16N2O3S2/c1-3-8-21-13-9-14-15(24-11-23-14)10-17(13)26-19(21)20-18(22)12-6-4-5-7-16(12)25-2/h3-7,9-10H,1,8,11H2,2H3. The van der Waals surface area contributed by atoms with Crippen LogP contribution in [-0.2, 0) is 6.54 Å². The van der Waals surface area contributed by atoms with Gasteiger partial charge in [0.25, 0.3) is 5.91 Å². The van der Waals surface area contributed by atoms with Crippen molar-refractivity contribution in [2.24, 2.45) is 4.99 Å². The van der Waals surface area contributed by atoms with Crippen LogP contribution in [-0.4, -0.2) is 23.5 Å². The molecule has 0 aliphatic carbocycles. The van der Waals surface area contributed by atoms with Crippen LogP contribution in [0.4, 0.5) is 0 Å². The number of hydrogen-bond donors (Lipinski definition) is 0. The fourth-order valence-corrected chi connectivity index (χ4v) is 4.46. The molecule has 5 nitrogen and oxygen atoms in total. The van der Waals surface area contributed by atoms with Gasteiger partial charge in [-0.3, -0.25) is 4.79 Å². The van der Waals surface area contributed by atoms with Crippen LogP contribution in [0.25, 0.3) is 10.2 Å². The molecule has 26 heavy (non-hydrogen) atoms. The highest BCUT2D eigenvalue weighted by Gasteiger charge is 2.18. The van der Waals surface area contributed by atoms with Gasteiger partial charge in [-0.25, -0.2) is 0 Å². The number of thioether (sulfide) groups is 1. The quantitative estimate of drug-likeness (QED) is 0.502. The van der Waals surface area contributed by atoms with Crippen LogP contribution < -0.4 is 14.3 Å². The third kappa shape index (κ3) is 2.93. The Hall–Kier alpha value is -2.51. The van der Waals surface area contributed by atoms with E-state index in [-0.39, 0.29) is 12.7 Å². The Morgan fingerprint density at radius 2 is 2.12 bits per heavy atom. The first-order chi connectivity index (χ1) is 12.7. The zero-order valence-electron chi connectivity index (χ0n) is 14.1. The lowest BCUT2D eigenvalue weighted by atomic mass is 10.2. The number of allylic oxidation sites excluding steroid dienone is 1. The third-order valence-corrected chi connectivity index (χ3v) is 5.86. The first-order valence-electron chi connectivity index (χ1n) is 7.97. The van der Waals surface area contributed by atoms with Gasteiger partial charge in [-0.2, -0.15) is 4.99 Å². The number of ether oxygens (including phenoxy) is 2. The van der Waals surface area contributed by atoms with Gasteiger partial charge in [0.1, 0.15) is 0 Å². The molecular formula is C19H16N2O3S2. The molecule has 0 spiro atoms. The summed E-state index contributed by atoms with van der Waals surface area (Å²) in [5.74, 6) is 1.17. The molecule has 0 atom stereocenters. The van der Waals surface area contributed by atoms with E-state index in [2.05, 4.69) is 11.6 Å². The Kier molecular flexibility index (Phi) is 4.57. The summed E-state index contributed by atoms with van der Waals surface area (Å²) in [5.41, 5.74) is 1.56. The van der Waals surface area contributed by atoms with Crippen molar-refractivity contribution < 1.29 is 14.3 Å². The lowest BCUT2D eigenvalue weighted by Crippen LogP contribution is -2.16. The largest absolute Gasteiger partial charge is 0.454 e. The number of carbonyl (C=O) groups is 1. The molecule has 1 aliphatic rings. The Bertz CT molecular complexity index is 1080. The Morgan fingerprint density at radius 1 is 1.35 bits per heavy atom. The number of carbonyl (C=O) groups excluding carboxylic acids is 1. The topological polar surface area (TPSA) is 52.8 Å². The maximum Gasteiger partial charge on any atom is 0.280 e. The Labute approximate surface area is 158 Å². The molecule has 1 amide bonds. The molecule has 0 bridgehead atoms. The van der Waals surface area contributed by atoms with E-state index in [0.29, 0.717) is 22.7 Å². The Balaban J connectivity index is 1.87. The average Bonchev–Trinajstić information content (AvgIpc) is 3.24. The van der Waals surface area contributed by atoms with Crippen molar-refractivity contribution in [3.8, 4) is 11.5 Å². The zero-order chi connectivity index (χ0) is 18.1. The van der Waals surface area contributed by atoms with Gasteiger partial charge < -0.3 is 14.0 Å². The molecule has 0 saturated heterocycles. The van der Waals surface area contributed by atoms with Gasteiger partial charge in [-0.05, 0) is 18.4 Å². The van der Waals surface area contributed by atoms with Crippen molar-refractivity contribution in [1.29, 1.82) is 0 Å². The van der Waals surface area contributed by atoms with Gasteiger partial charge >= 0.3 is 0 Å². The monoisotopic (exact) mass is 384 g/mol. The molecule has 1 aliphatic heterocycles. The molecule has 4 rings (SSSR count). The van der Waals surface area contributed by atoms with Crippen molar-refractivity contribution >= 4 is 39.2 Å². The summed E-state index contributed by atoms with van der Waals surface area (Å²) in [7, 11) is 0. The first-order valence-corrected chi connectivity index (χ1v) is 10.0. The molecule has 1 aromatic heterocycles. The second-order valence-corrected chi connectivity index (χ2v) is 7.43. The minimum atomic E-state index is -0.251. The number of hydrogen-bond acceptors (Lipinski definition) is 5. The van der Waals surface area contributed by atoms with E-state index in [9.17, 15) is 4.79 Å². The van der Waals surface area contributed by atoms with Crippen molar-refractivity contribution in [2.75, 3.05) is 13.0 Å². The van der Waals surface area contributed by atoms with E-state index in [1.165, 1.54) is 23.1 Å².